The average Bonchev–Trinajstić information content (AvgIpc) is 3.43. The van der Waals surface area contributed by atoms with E-state index in [4.69, 9.17) is 16.6 Å². The number of amides is 1. The first-order valence-corrected chi connectivity index (χ1v) is 12.5. The molecule has 7 heteroatoms. The van der Waals surface area contributed by atoms with Crippen molar-refractivity contribution < 1.29 is 9.59 Å². The number of rotatable bonds is 4. The molecule has 1 aliphatic heterocycles. The van der Waals surface area contributed by atoms with Crippen molar-refractivity contribution in [3.05, 3.63) is 50.4 Å². The Morgan fingerprint density at radius 2 is 1.74 bits per heavy atom. The fraction of sp³-hybridized carbons (Fsp3) is 0.542. The maximum absolute atomic E-state index is 13.7. The van der Waals surface area contributed by atoms with Gasteiger partial charge < -0.3 is 4.90 Å². The van der Waals surface area contributed by atoms with Crippen molar-refractivity contribution in [1.82, 2.24) is 14.8 Å². The summed E-state index contributed by atoms with van der Waals surface area (Å²) in [6.07, 6.45) is 6.55. The van der Waals surface area contributed by atoms with Crippen LogP contribution in [0.15, 0.2) is 24.3 Å². The summed E-state index contributed by atoms with van der Waals surface area (Å²) in [6, 6.07) is 7.88. The number of fused-ring (bicyclic) bond motifs is 1. The van der Waals surface area contributed by atoms with Gasteiger partial charge in [0, 0.05) is 37.6 Å². The first-order valence-electron chi connectivity index (χ1n) is 11.3. The Morgan fingerprint density at radius 1 is 1.03 bits per heavy atom. The van der Waals surface area contributed by atoms with Gasteiger partial charge in [-0.3, -0.25) is 14.5 Å². The normalized spacial score (nSPS) is 21.3. The number of nitrogens with zero attached hydrogens (tertiary/aromatic N) is 3. The molecule has 2 aromatic rings. The Hall–Kier alpha value is -1.76. The van der Waals surface area contributed by atoms with Crippen LogP contribution in [-0.2, 0) is 23.2 Å². The monoisotopic (exact) mass is 457 g/mol. The Balaban J connectivity index is 1.24. The number of piperazine rings is 1. The summed E-state index contributed by atoms with van der Waals surface area (Å²) in [5.74, 6) is 0.534. The molecule has 1 saturated carbocycles. The van der Waals surface area contributed by atoms with Gasteiger partial charge in [-0.05, 0) is 43.4 Å². The van der Waals surface area contributed by atoms with Crippen LogP contribution in [0.2, 0.25) is 5.02 Å². The molecule has 0 N–H and O–H groups in total. The molecule has 31 heavy (non-hydrogen) atoms. The Bertz CT molecular complexity index is 973. The van der Waals surface area contributed by atoms with Crippen LogP contribution in [0.5, 0.6) is 0 Å². The van der Waals surface area contributed by atoms with Gasteiger partial charge in [0.05, 0.1) is 22.5 Å². The van der Waals surface area contributed by atoms with Gasteiger partial charge in [-0.2, -0.15) is 0 Å². The zero-order valence-corrected chi connectivity index (χ0v) is 19.3. The lowest BCUT2D eigenvalue weighted by molar-refractivity contribution is -0.139. The van der Waals surface area contributed by atoms with Crippen LogP contribution in [0, 0.1) is 0 Å². The van der Waals surface area contributed by atoms with Crippen LogP contribution in [-0.4, -0.2) is 52.7 Å². The van der Waals surface area contributed by atoms with Crippen LogP contribution in [0.4, 0.5) is 0 Å². The first-order chi connectivity index (χ1) is 15.0. The largest absolute Gasteiger partial charge is 0.339 e. The minimum atomic E-state index is -0.387. The molecular weight excluding hydrogens is 430 g/mol. The first kappa shape index (κ1) is 21.1. The molecule has 1 aromatic carbocycles. The molecule has 3 aliphatic rings. The summed E-state index contributed by atoms with van der Waals surface area (Å²) in [4.78, 5) is 35.8. The lowest BCUT2D eigenvalue weighted by Crippen LogP contribution is -2.53. The zero-order valence-electron chi connectivity index (χ0n) is 17.7. The third-order valence-corrected chi connectivity index (χ3v) is 8.47. The van der Waals surface area contributed by atoms with Crippen molar-refractivity contribution in [3.8, 4) is 0 Å². The number of aryl methyl sites for hydroxylation is 1. The van der Waals surface area contributed by atoms with Gasteiger partial charge in [-0.25, -0.2) is 4.98 Å². The Morgan fingerprint density at radius 3 is 2.42 bits per heavy atom. The predicted molar refractivity (Wildman–Crippen MR) is 123 cm³/mol. The lowest BCUT2D eigenvalue weighted by atomic mass is 9.77. The highest BCUT2D eigenvalue weighted by Gasteiger charge is 2.45. The van der Waals surface area contributed by atoms with Gasteiger partial charge in [0.15, 0.2) is 5.78 Å². The van der Waals surface area contributed by atoms with E-state index in [9.17, 15) is 9.59 Å². The smallest absolute Gasteiger partial charge is 0.233 e. The molecule has 0 unspecified atom stereocenters. The average molecular weight is 458 g/mol. The van der Waals surface area contributed by atoms with Gasteiger partial charge in [0.2, 0.25) is 5.91 Å². The molecule has 1 saturated heterocycles. The number of carbonyl (C=O) groups excluding carboxylic acids is 2. The number of hydrogen-bond donors (Lipinski definition) is 0. The molecule has 1 aromatic heterocycles. The number of ketones is 1. The highest BCUT2D eigenvalue weighted by atomic mass is 35.5. The van der Waals surface area contributed by atoms with Gasteiger partial charge in [-0.15, -0.1) is 11.3 Å². The summed E-state index contributed by atoms with van der Waals surface area (Å²) in [6.45, 7) is 3.97. The maximum atomic E-state index is 13.7. The van der Waals surface area contributed by atoms with Gasteiger partial charge in [0.25, 0.3) is 0 Å². The number of thiazole rings is 1. The van der Waals surface area contributed by atoms with Crippen molar-refractivity contribution in [2.24, 2.45) is 0 Å². The summed E-state index contributed by atoms with van der Waals surface area (Å²) in [5, 5.41) is 1.75. The van der Waals surface area contributed by atoms with E-state index in [0.29, 0.717) is 11.4 Å². The molecule has 0 bridgehead atoms. The second-order valence-corrected chi connectivity index (χ2v) is 10.5. The highest BCUT2D eigenvalue weighted by Crippen LogP contribution is 2.43. The van der Waals surface area contributed by atoms with Crippen LogP contribution in [0.25, 0.3) is 0 Å². The van der Waals surface area contributed by atoms with Gasteiger partial charge >= 0.3 is 0 Å². The van der Waals surface area contributed by atoms with E-state index < -0.39 is 0 Å². The van der Waals surface area contributed by atoms with Gasteiger partial charge in [-0.1, -0.05) is 36.6 Å². The zero-order chi connectivity index (χ0) is 21.4. The Kier molecular flexibility index (Phi) is 5.88. The summed E-state index contributed by atoms with van der Waals surface area (Å²) in [7, 11) is 0. The molecule has 0 spiro atoms. The van der Waals surface area contributed by atoms with E-state index in [1.807, 2.05) is 24.3 Å². The molecule has 5 nitrogen and oxygen atoms in total. The summed E-state index contributed by atoms with van der Waals surface area (Å²) >= 11 is 7.66. The molecule has 5 rings (SSSR count). The SMILES string of the molecule is O=C1CCCc2nc(CN3CCN(C(=O)C4(c5ccc(Cl)cc5)CCCC4)CC3)sc21. The topological polar surface area (TPSA) is 53.5 Å². The number of hydrogen-bond acceptors (Lipinski definition) is 5. The molecule has 2 aliphatic carbocycles. The van der Waals surface area contributed by atoms with Crippen LogP contribution in [0.3, 0.4) is 0 Å². The molecule has 164 valence electrons. The third-order valence-electron chi connectivity index (χ3n) is 7.09. The molecule has 0 atom stereocenters. The van der Waals surface area contributed by atoms with Gasteiger partial charge in [0.1, 0.15) is 5.01 Å². The second kappa shape index (κ2) is 8.64. The molecule has 2 heterocycles. The lowest BCUT2D eigenvalue weighted by Gasteiger charge is -2.40. The van der Waals surface area contributed by atoms with E-state index in [2.05, 4.69) is 9.80 Å². The van der Waals surface area contributed by atoms with Crippen molar-refractivity contribution in [3.63, 3.8) is 0 Å². The van der Waals surface area contributed by atoms with Crippen molar-refractivity contribution in [1.29, 1.82) is 0 Å². The van der Waals surface area contributed by atoms with E-state index in [-0.39, 0.29) is 17.1 Å². The van der Waals surface area contributed by atoms with Crippen molar-refractivity contribution >= 4 is 34.6 Å². The fourth-order valence-corrected chi connectivity index (χ4v) is 6.61. The standard InChI is InChI=1S/C24H28ClN3O2S/c25-18-8-6-17(7-9-18)24(10-1-2-11-24)23(30)28-14-12-27(13-15-28)16-21-26-19-4-3-5-20(29)22(19)31-21/h6-9H,1-5,10-16H2. The number of aromatic nitrogens is 1. The second-order valence-electron chi connectivity index (χ2n) is 9.02. The maximum Gasteiger partial charge on any atom is 0.233 e. The summed E-state index contributed by atoms with van der Waals surface area (Å²) in [5.41, 5.74) is 1.72. The fourth-order valence-electron chi connectivity index (χ4n) is 5.36. The van der Waals surface area contributed by atoms with E-state index >= 15 is 0 Å². The molecule has 0 radical (unpaired) electrons. The molecular formula is C24H28ClN3O2S. The molecule has 1 amide bonds. The quantitative estimate of drug-likeness (QED) is 0.679. The number of halogens is 1. The minimum Gasteiger partial charge on any atom is -0.339 e. The van der Waals surface area contributed by atoms with Crippen molar-refractivity contribution in [2.45, 2.75) is 56.9 Å². The predicted octanol–water partition coefficient (Wildman–Crippen LogP) is 4.47. The molecule has 2 fully saturated rings. The van der Waals surface area contributed by atoms with Crippen LogP contribution >= 0.6 is 22.9 Å². The highest BCUT2D eigenvalue weighted by molar-refractivity contribution is 7.13. The van der Waals surface area contributed by atoms with Crippen molar-refractivity contribution in [2.75, 3.05) is 26.2 Å². The summed E-state index contributed by atoms with van der Waals surface area (Å²) < 4.78 is 0. The number of benzene rings is 1. The third kappa shape index (κ3) is 4.06. The van der Waals surface area contributed by atoms with Crippen LogP contribution < -0.4 is 0 Å². The number of Topliss-reactive ketones (excluding diaryl/α,β-unsaturated/α-hetero) is 1. The van der Waals surface area contributed by atoms with Crippen LogP contribution in [0.1, 0.15) is 64.5 Å². The van der Waals surface area contributed by atoms with E-state index in [0.717, 1.165) is 92.4 Å². The number of carbonyl (C=O) groups is 2. The van der Waals surface area contributed by atoms with E-state index in [1.165, 1.54) is 0 Å². The van der Waals surface area contributed by atoms with E-state index in [1.54, 1.807) is 11.3 Å². The Labute approximate surface area is 192 Å². The minimum absolute atomic E-state index is 0.254.